The quantitative estimate of drug-likeness (QED) is 0.621. The zero-order chi connectivity index (χ0) is 15.1. The number of amides is 1. The van der Waals surface area contributed by atoms with Crippen LogP contribution in [-0.4, -0.2) is 36.2 Å². The van der Waals surface area contributed by atoms with E-state index in [2.05, 4.69) is 5.32 Å². The van der Waals surface area contributed by atoms with Crippen LogP contribution in [0.25, 0.3) is 0 Å². The molecule has 0 aromatic carbocycles. The van der Waals surface area contributed by atoms with E-state index in [0.717, 1.165) is 12.8 Å². The van der Waals surface area contributed by atoms with Crippen molar-refractivity contribution in [2.45, 2.75) is 44.6 Å². The highest BCUT2D eigenvalue weighted by atomic mass is 16.5. The summed E-state index contributed by atoms with van der Waals surface area (Å²) in [5, 5.41) is 11.4. The topological polar surface area (TPSA) is 88.8 Å². The molecule has 2 rings (SSSR count). The molecule has 0 radical (unpaired) electrons. The zero-order valence-corrected chi connectivity index (χ0v) is 12.0. The summed E-state index contributed by atoms with van der Waals surface area (Å²) in [6, 6.07) is 2.62. The Bertz CT molecular complexity index is 474. The van der Waals surface area contributed by atoms with Gasteiger partial charge >= 0.3 is 5.97 Å². The van der Waals surface area contributed by atoms with Crippen LogP contribution in [-0.2, 0) is 4.74 Å². The van der Waals surface area contributed by atoms with E-state index in [9.17, 15) is 9.59 Å². The Balaban J connectivity index is 1.67. The molecule has 0 atom stereocenters. The number of aromatic carboxylic acids is 1. The van der Waals surface area contributed by atoms with Crippen molar-refractivity contribution in [1.29, 1.82) is 0 Å². The van der Waals surface area contributed by atoms with Crippen molar-refractivity contribution in [3.8, 4) is 0 Å². The van der Waals surface area contributed by atoms with Crippen LogP contribution < -0.4 is 5.32 Å². The van der Waals surface area contributed by atoms with Crippen LogP contribution >= 0.6 is 0 Å². The summed E-state index contributed by atoms with van der Waals surface area (Å²) in [6.07, 6.45) is 7.46. The molecule has 1 aliphatic carbocycles. The van der Waals surface area contributed by atoms with Crippen molar-refractivity contribution in [1.82, 2.24) is 5.32 Å². The van der Waals surface area contributed by atoms with Gasteiger partial charge in [-0.3, -0.25) is 4.79 Å². The largest absolute Gasteiger partial charge is 0.475 e. The summed E-state index contributed by atoms with van der Waals surface area (Å²) in [4.78, 5) is 22.4. The summed E-state index contributed by atoms with van der Waals surface area (Å²) < 4.78 is 10.7. The molecular formula is C15H21NO5. The average molecular weight is 295 g/mol. The molecule has 6 nitrogen and oxygen atoms in total. The van der Waals surface area contributed by atoms with Gasteiger partial charge in [-0.05, 0) is 25.0 Å². The van der Waals surface area contributed by atoms with E-state index < -0.39 is 11.9 Å². The Hall–Kier alpha value is -1.82. The van der Waals surface area contributed by atoms with Crippen molar-refractivity contribution in [3.05, 3.63) is 23.7 Å². The number of hydrogen-bond acceptors (Lipinski definition) is 4. The van der Waals surface area contributed by atoms with E-state index in [-0.39, 0.29) is 11.5 Å². The first-order valence-electron chi connectivity index (χ1n) is 7.40. The van der Waals surface area contributed by atoms with Gasteiger partial charge in [0, 0.05) is 6.54 Å². The van der Waals surface area contributed by atoms with Crippen molar-refractivity contribution in [2.75, 3.05) is 13.2 Å². The highest BCUT2D eigenvalue weighted by molar-refractivity contribution is 5.93. The first kappa shape index (κ1) is 15.6. The smallest absolute Gasteiger partial charge is 0.371 e. The number of carbonyl (C=O) groups is 2. The number of hydrogen-bond donors (Lipinski definition) is 2. The average Bonchev–Trinajstić information content (AvgIpc) is 2.82. The normalized spacial score (nSPS) is 16.4. The molecule has 0 spiro atoms. The van der Waals surface area contributed by atoms with Crippen molar-refractivity contribution in [3.63, 3.8) is 0 Å². The molecule has 1 amide bonds. The fourth-order valence-electron chi connectivity index (χ4n) is 2.46. The molecule has 116 valence electrons. The Morgan fingerprint density at radius 3 is 2.48 bits per heavy atom. The second-order valence-electron chi connectivity index (χ2n) is 5.21. The maximum absolute atomic E-state index is 11.7. The van der Waals surface area contributed by atoms with Crippen LogP contribution in [0.2, 0.25) is 0 Å². The highest BCUT2D eigenvalue weighted by Gasteiger charge is 2.15. The van der Waals surface area contributed by atoms with E-state index in [1.165, 1.54) is 37.8 Å². The number of rotatable bonds is 6. The Labute approximate surface area is 123 Å². The molecular weight excluding hydrogens is 274 g/mol. The van der Waals surface area contributed by atoms with E-state index in [1.54, 1.807) is 0 Å². The first-order valence-corrected chi connectivity index (χ1v) is 7.40. The Morgan fingerprint density at radius 1 is 1.19 bits per heavy atom. The van der Waals surface area contributed by atoms with Crippen LogP contribution in [0.1, 0.15) is 59.6 Å². The zero-order valence-electron chi connectivity index (χ0n) is 12.0. The van der Waals surface area contributed by atoms with Crippen molar-refractivity contribution in [2.24, 2.45) is 0 Å². The SMILES string of the molecule is O=C(O)c1ccc(C(=O)NCCOC2CCCCCC2)o1. The summed E-state index contributed by atoms with van der Waals surface area (Å²) in [5.74, 6) is -1.85. The van der Waals surface area contributed by atoms with Gasteiger partial charge in [-0.2, -0.15) is 0 Å². The van der Waals surface area contributed by atoms with Gasteiger partial charge in [-0.25, -0.2) is 4.79 Å². The first-order chi connectivity index (χ1) is 10.2. The van der Waals surface area contributed by atoms with Crippen molar-refractivity contribution < 1.29 is 23.8 Å². The fourth-order valence-corrected chi connectivity index (χ4v) is 2.46. The van der Waals surface area contributed by atoms with Gasteiger partial charge < -0.3 is 19.6 Å². The molecule has 0 aliphatic heterocycles. The molecule has 0 bridgehead atoms. The molecule has 1 heterocycles. The van der Waals surface area contributed by atoms with Crippen LogP contribution in [0.5, 0.6) is 0 Å². The van der Waals surface area contributed by atoms with Gasteiger partial charge in [0.2, 0.25) is 5.76 Å². The predicted octanol–water partition coefficient (Wildman–Crippen LogP) is 2.45. The number of carboxylic acid groups (broad SMARTS) is 1. The number of carboxylic acids is 1. The predicted molar refractivity (Wildman–Crippen MR) is 75.4 cm³/mol. The molecule has 1 saturated carbocycles. The summed E-state index contributed by atoms with van der Waals surface area (Å²) in [7, 11) is 0. The fraction of sp³-hybridized carbons (Fsp3) is 0.600. The minimum Gasteiger partial charge on any atom is -0.475 e. The van der Waals surface area contributed by atoms with E-state index in [0.29, 0.717) is 19.3 Å². The lowest BCUT2D eigenvalue weighted by Crippen LogP contribution is -2.28. The van der Waals surface area contributed by atoms with Gasteiger partial charge in [0.1, 0.15) is 0 Å². The maximum atomic E-state index is 11.7. The van der Waals surface area contributed by atoms with Gasteiger partial charge in [0.15, 0.2) is 5.76 Å². The summed E-state index contributed by atoms with van der Waals surface area (Å²) in [5.41, 5.74) is 0. The van der Waals surface area contributed by atoms with Crippen LogP contribution in [0.15, 0.2) is 16.5 Å². The summed E-state index contributed by atoms with van der Waals surface area (Å²) >= 11 is 0. The number of carbonyl (C=O) groups excluding carboxylic acids is 1. The molecule has 1 aliphatic rings. The standard InChI is InChI=1S/C15H21NO5/c17-14(12-7-8-13(21-12)15(18)19)16-9-10-20-11-5-3-1-2-4-6-11/h7-8,11H,1-6,9-10H2,(H,16,17)(H,18,19). The maximum Gasteiger partial charge on any atom is 0.371 e. The third-order valence-corrected chi connectivity index (χ3v) is 3.58. The molecule has 0 unspecified atom stereocenters. The van der Waals surface area contributed by atoms with Crippen LogP contribution in [0.3, 0.4) is 0 Å². The molecule has 21 heavy (non-hydrogen) atoms. The minimum absolute atomic E-state index is 0.00173. The minimum atomic E-state index is -1.19. The lowest BCUT2D eigenvalue weighted by atomic mass is 10.1. The number of furan rings is 1. The lowest BCUT2D eigenvalue weighted by molar-refractivity contribution is 0.0438. The third kappa shape index (κ3) is 4.90. The summed E-state index contributed by atoms with van der Waals surface area (Å²) in [6.45, 7) is 0.849. The third-order valence-electron chi connectivity index (χ3n) is 3.58. The van der Waals surface area contributed by atoms with Gasteiger partial charge in [0.25, 0.3) is 5.91 Å². The van der Waals surface area contributed by atoms with E-state index >= 15 is 0 Å². The monoisotopic (exact) mass is 295 g/mol. The number of nitrogens with one attached hydrogen (secondary N) is 1. The van der Waals surface area contributed by atoms with Crippen LogP contribution in [0, 0.1) is 0 Å². The molecule has 0 saturated heterocycles. The Kier molecular flexibility index (Phi) is 5.80. The molecule has 1 fully saturated rings. The van der Waals surface area contributed by atoms with Gasteiger partial charge in [-0.1, -0.05) is 25.7 Å². The van der Waals surface area contributed by atoms with E-state index in [4.69, 9.17) is 14.3 Å². The van der Waals surface area contributed by atoms with Crippen molar-refractivity contribution >= 4 is 11.9 Å². The second kappa shape index (κ2) is 7.83. The van der Waals surface area contributed by atoms with Crippen LogP contribution in [0.4, 0.5) is 0 Å². The van der Waals surface area contributed by atoms with Gasteiger partial charge in [0.05, 0.1) is 12.7 Å². The Morgan fingerprint density at radius 2 is 1.86 bits per heavy atom. The highest BCUT2D eigenvalue weighted by Crippen LogP contribution is 2.19. The second-order valence-corrected chi connectivity index (χ2v) is 5.21. The lowest BCUT2D eigenvalue weighted by Gasteiger charge is -2.15. The molecule has 1 aromatic heterocycles. The van der Waals surface area contributed by atoms with Gasteiger partial charge in [-0.15, -0.1) is 0 Å². The molecule has 1 aromatic rings. The number of ether oxygens (including phenoxy) is 1. The van der Waals surface area contributed by atoms with E-state index in [1.807, 2.05) is 0 Å². The molecule has 6 heteroatoms. The molecule has 2 N–H and O–H groups in total.